The summed E-state index contributed by atoms with van der Waals surface area (Å²) >= 11 is 1.20. The van der Waals surface area contributed by atoms with E-state index in [4.69, 9.17) is 4.74 Å². The Hall–Kier alpha value is -0.650. The van der Waals surface area contributed by atoms with Crippen molar-refractivity contribution < 1.29 is 13.5 Å². The number of hydrogen-bond acceptors (Lipinski definition) is 3. The van der Waals surface area contributed by atoms with E-state index in [0.29, 0.717) is 24.5 Å². The number of ether oxygens (including phenoxy) is 1. The maximum Gasteiger partial charge on any atom is 0.140 e. The second-order valence-corrected chi connectivity index (χ2v) is 4.97. The van der Waals surface area contributed by atoms with Gasteiger partial charge in [0.2, 0.25) is 0 Å². The van der Waals surface area contributed by atoms with Crippen molar-refractivity contribution in [3.8, 4) is 0 Å². The molecule has 1 aromatic carbocycles. The Bertz CT molecular complexity index is 351. The topological polar surface area (TPSA) is 21.3 Å². The van der Waals surface area contributed by atoms with Crippen LogP contribution >= 0.6 is 11.8 Å². The van der Waals surface area contributed by atoms with Gasteiger partial charge in [-0.1, -0.05) is 6.92 Å². The van der Waals surface area contributed by atoms with Crippen LogP contribution in [0.15, 0.2) is 17.0 Å². The minimum atomic E-state index is -0.481. The third kappa shape index (κ3) is 4.92. The molecule has 0 amide bonds. The summed E-state index contributed by atoms with van der Waals surface area (Å²) in [6.07, 6.45) is 0.777. The van der Waals surface area contributed by atoms with Crippen LogP contribution < -0.4 is 5.32 Å². The molecule has 0 aromatic heterocycles. The first kappa shape index (κ1) is 15.4. The summed E-state index contributed by atoms with van der Waals surface area (Å²) in [5.74, 6) is -0.315. The van der Waals surface area contributed by atoms with Gasteiger partial charge in [-0.3, -0.25) is 0 Å². The lowest BCUT2D eigenvalue weighted by atomic mass is 10.2. The fourth-order valence-electron chi connectivity index (χ4n) is 1.50. The molecule has 0 aliphatic heterocycles. The van der Waals surface area contributed by atoms with E-state index >= 15 is 0 Å². The van der Waals surface area contributed by atoms with Crippen LogP contribution in [0.5, 0.6) is 0 Å². The monoisotopic (exact) mass is 275 g/mol. The van der Waals surface area contributed by atoms with Crippen molar-refractivity contribution in [2.75, 3.05) is 26.0 Å². The van der Waals surface area contributed by atoms with Crippen molar-refractivity contribution >= 4 is 11.8 Å². The molecule has 0 spiro atoms. The highest BCUT2D eigenvalue weighted by Crippen LogP contribution is 2.26. The van der Waals surface area contributed by atoms with Crippen LogP contribution in [0.25, 0.3) is 0 Å². The SMILES string of the molecule is CCNCc1cc(F)c(SCCCOC)c(F)c1. The lowest BCUT2D eigenvalue weighted by Crippen LogP contribution is -2.12. The lowest BCUT2D eigenvalue weighted by Gasteiger charge is -2.08. The van der Waals surface area contributed by atoms with E-state index in [2.05, 4.69) is 5.32 Å². The van der Waals surface area contributed by atoms with E-state index in [-0.39, 0.29) is 4.90 Å². The predicted molar refractivity (Wildman–Crippen MR) is 71.0 cm³/mol. The van der Waals surface area contributed by atoms with Crippen LogP contribution in [0.2, 0.25) is 0 Å². The Balaban J connectivity index is 2.62. The summed E-state index contributed by atoms with van der Waals surface area (Å²) in [6, 6.07) is 2.79. The van der Waals surface area contributed by atoms with E-state index in [1.807, 2.05) is 6.92 Å². The number of methoxy groups -OCH3 is 1. The minimum Gasteiger partial charge on any atom is -0.385 e. The maximum absolute atomic E-state index is 13.7. The first-order valence-corrected chi connectivity index (χ1v) is 6.98. The summed E-state index contributed by atoms with van der Waals surface area (Å²) in [5, 5.41) is 3.04. The van der Waals surface area contributed by atoms with Crippen molar-refractivity contribution in [2.24, 2.45) is 0 Å². The Morgan fingerprint density at radius 3 is 2.50 bits per heavy atom. The van der Waals surface area contributed by atoms with Crippen LogP contribution in [-0.4, -0.2) is 26.0 Å². The second kappa shape index (κ2) is 8.45. The van der Waals surface area contributed by atoms with Crippen molar-refractivity contribution in [1.82, 2.24) is 5.32 Å². The molecular weight excluding hydrogens is 256 g/mol. The summed E-state index contributed by atoms with van der Waals surface area (Å²) < 4.78 is 32.3. The average Bonchev–Trinajstić information content (AvgIpc) is 2.34. The van der Waals surface area contributed by atoms with Crippen LogP contribution in [0.1, 0.15) is 18.9 Å². The number of thioether (sulfide) groups is 1. The summed E-state index contributed by atoms with van der Waals surface area (Å²) in [7, 11) is 1.61. The fraction of sp³-hybridized carbons (Fsp3) is 0.538. The third-order valence-electron chi connectivity index (χ3n) is 2.38. The molecule has 0 saturated heterocycles. The van der Waals surface area contributed by atoms with Gasteiger partial charge in [0.15, 0.2) is 0 Å². The average molecular weight is 275 g/mol. The van der Waals surface area contributed by atoms with Gasteiger partial charge >= 0.3 is 0 Å². The Labute approximate surface area is 111 Å². The predicted octanol–water partition coefficient (Wildman–Crippen LogP) is 3.20. The molecule has 5 heteroatoms. The molecule has 0 saturated carbocycles. The van der Waals surface area contributed by atoms with E-state index in [9.17, 15) is 8.78 Å². The standard InChI is InChI=1S/C13H19F2NOS/c1-3-16-9-10-7-11(14)13(12(15)8-10)18-6-4-5-17-2/h7-8,16H,3-6,9H2,1-2H3. The van der Waals surface area contributed by atoms with Gasteiger partial charge in [-0.2, -0.15) is 0 Å². The number of halogens is 2. The first-order valence-electron chi connectivity index (χ1n) is 5.99. The number of nitrogens with one attached hydrogen (secondary N) is 1. The second-order valence-electron chi connectivity index (χ2n) is 3.86. The highest BCUT2D eigenvalue weighted by atomic mass is 32.2. The van der Waals surface area contributed by atoms with E-state index in [0.717, 1.165) is 13.0 Å². The fourth-order valence-corrected chi connectivity index (χ4v) is 2.36. The van der Waals surface area contributed by atoms with Crippen LogP contribution in [0, 0.1) is 11.6 Å². The molecule has 102 valence electrons. The van der Waals surface area contributed by atoms with Gasteiger partial charge in [-0.25, -0.2) is 8.78 Å². The van der Waals surface area contributed by atoms with Crippen molar-refractivity contribution in [3.63, 3.8) is 0 Å². The molecular formula is C13H19F2NOS. The number of hydrogen-bond donors (Lipinski definition) is 1. The van der Waals surface area contributed by atoms with E-state index in [1.165, 1.54) is 23.9 Å². The van der Waals surface area contributed by atoms with Gasteiger partial charge in [0.25, 0.3) is 0 Å². The van der Waals surface area contributed by atoms with Gasteiger partial charge in [0.1, 0.15) is 11.6 Å². The van der Waals surface area contributed by atoms with E-state index < -0.39 is 11.6 Å². The largest absolute Gasteiger partial charge is 0.385 e. The molecule has 0 aliphatic carbocycles. The summed E-state index contributed by atoms with van der Waals surface area (Å²) in [5.41, 5.74) is 0.632. The van der Waals surface area contributed by atoms with Gasteiger partial charge in [0, 0.05) is 26.0 Å². The molecule has 1 rings (SSSR count). The van der Waals surface area contributed by atoms with Crippen LogP contribution in [0.3, 0.4) is 0 Å². The molecule has 1 aromatic rings. The molecule has 0 bridgehead atoms. The molecule has 0 aliphatic rings. The Kier molecular flexibility index (Phi) is 7.23. The molecule has 0 unspecified atom stereocenters. The van der Waals surface area contributed by atoms with Crippen LogP contribution in [-0.2, 0) is 11.3 Å². The highest BCUT2D eigenvalue weighted by molar-refractivity contribution is 7.99. The number of rotatable bonds is 8. The zero-order chi connectivity index (χ0) is 13.4. The van der Waals surface area contributed by atoms with Crippen molar-refractivity contribution in [1.29, 1.82) is 0 Å². The number of benzene rings is 1. The molecule has 0 radical (unpaired) electrons. The molecule has 0 fully saturated rings. The zero-order valence-electron chi connectivity index (χ0n) is 10.8. The van der Waals surface area contributed by atoms with Gasteiger partial charge in [-0.15, -0.1) is 11.8 Å². The van der Waals surface area contributed by atoms with Crippen LogP contribution in [0.4, 0.5) is 8.78 Å². The highest BCUT2D eigenvalue weighted by Gasteiger charge is 2.11. The zero-order valence-corrected chi connectivity index (χ0v) is 11.6. The maximum atomic E-state index is 13.7. The first-order chi connectivity index (χ1) is 8.69. The molecule has 0 atom stereocenters. The summed E-state index contributed by atoms with van der Waals surface area (Å²) in [4.78, 5) is 0.103. The van der Waals surface area contributed by atoms with Gasteiger partial charge < -0.3 is 10.1 Å². The summed E-state index contributed by atoms with van der Waals surface area (Å²) in [6.45, 7) is 3.82. The van der Waals surface area contributed by atoms with Gasteiger partial charge in [0.05, 0.1) is 4.90 Å². The minimum absolute atomic E-state index is 0.103. The molecule has 2 nitrogen and oxygen atoms in total. The van der Waals surface area contributed by atoms with Crippen molar-refractivity contribution in [3.05, 3.63) is 29.3 Å². The normalized spacial score (nSPS) is 10.9. The molecule has 18 heavy (non-hydrogen) atoms. The Morgan fingerprint density at radius 2 is 1.94 bits per heavy atom. The Morgan fingerprint density at radius 1 is 1.28 bits per heavy atom. The molecule has 1 N–H and O–H groups in total. The quantitative estimate of drug-likeness (QED) is 0.581. The smallest absolute Gasteiger partial charge is 0.140 e. The van der Waals surface area contributed by atoms with E-state index in [1.54, 1.807) is 7.11 Å². The third-order valence-corrected chi connectivity index (χ3v) is 3.55. The lowest BCUT2D eigenvalue weighted by molar-refractivity contribution is 0.200. The molecule has 0 heterocycles. The van der Waals surface area contributed by atoms with Crippen molar-refractivity contribution in [2.45, 2.75) is 24.8 Å². The van der Waals surface area contributed by atoms with Gasteiger partial charge in [-0.05, 0) is 30.7 Å².